The number of Topliss-reactive ketones (excluding diaryl/α,β-unsaturated/α-hetero) is 1. The van der Waals surface area contributed by atoms with Crippen molar-refractivity contribution in [3.05, 3.63) is 58.0 Å². The number of carbonyl (C=O) groups excluding carboxylic acids is 1. The summed E-state index contributed by atoms with van der Waals surface area (Å²) in [5, 5.41) is 26.2. The number of aliphatic imine (C=N–C) groups is 1. The number of aliphatic hydroxyl groups excluding tert-OH is 1. The molecule has 168 valence electrons. The summed E-state index contributed by atoms with van der Waals surface area (Å²) in [7, 11) is 1.81. The number of aromatic nitrogens is 4. The maximum atomic E-state index is 13.3. The Balaban J connectivity index is 1.35. The zero-order valence-corrected chi connectivity index (χ0v) is 18.8. The molecule has 1 aliphatic heterocycles. The topological polar surface area (TPSA) is 146 Å². The number of aliphatic hydroxyl groups is 1. The van der Waals surface area contributed by atoms with Crippen LogP contribution in [0, 0.1) is 5.41 Å². The van der Waals surface area contributed by atoms with E-state index in [-0.39, 0.29) is 11.5 Å². The van der Waals surface area contributed by atoms with Gasteiger partial charge in [-0.25, -0.2) is 4.98 Å². The minimum atomic E-state index is -1.09. The van der Waals surface area contributed by atoms with E-state index >= 15 is 0 Å². The lowest BCUT2D eigenvalue weighted by Crippen LogP contribution is -2.26. The highest BCUT2D eigenvalue weighted by Gasteiger charge is 2.32. The molecule has 0 saturated carbocycles. The fraction of sp³-hybridized carbons (Fsp3) is 0.261. The number of nitrogens with one attached hydrogen (secondary N) is 2. The second kappa shape index (κ2) is 8.38. The van der Waals surface area contributed by atoms with Crippen LogP contribution in [0.5, 0.6) is 0 Å². The molecule has 0 bridgehead atoms. The van der Waals surface area contributed by atoms with Gasteiger partial charge in [-0.05, 0) is 37.0 Å². The Morgan fingerprint density at radius 1 is 1.45 bits per heavy atom. The van der Waals surface area contributed by atoms with E-state index in [0.717, 1.165) is 40.2 Å². The van der Waals surface area contributed by atoms with E-state index in [2.05, 4.69) is 26.2 Å². The van der Waals surface area contributed by atoms with Crippen LogP contribution in [-0.2, 0) is 13.5 Å². The Hall–Kier alpha value is -3.63. The molecule has 9 nitrogen and oxygen atoms in total. The quantitative estimate of drug-likeness (QED) is 0.312. The summed E-state index contributed by atoms with van der Waals surface area (Å²) in [4.78, 5) is 22.3. The number of hydrogen-bond acceptors (Lipinski definition) is 8. The third-order valence-electron chi connectivity index (χ3n) is 6.02. The number of H-pyrrole nitrogens is 1. The third kappa shape index (κ3) is 3.57. The van der Waals surface area contributed by atoms with Gasteiger partial charge in [-0.15, -0.1) is 11.3 Å². The minimum absolute atomic E-state index is 0.00738. The molecule has 0 radical (unpaired) electrons. The van der Waals surface area contributed by atoms with Gasteiger partial charge in [0.1, 0.15) is 17.2 Å². The Kier molecular flexibility index (Phi) is 5.39. The smallest absolute Gasteiger partial charge is 0.204 e. The maximum Gasteiger partial charge on any atom is 0.204 e. The van der Waals surface area contributed by atoms with E-state index in [1.165, 1.54) is 23.0 Å². The summed E-state index contributed by atoms with van der Waals surface area (Å²) in [5.74, 6) is -0.00738. The molecular formula is C23H23N7O2S. The second-order valence-electron chi connectivity index (χ2n) is 8.06. The van der Waals surface area contributed by atoms with E-state index in [0.29, 0.717) is 22.8 Å². The van der Waals surface area contributed by atoms with Crippen molar-refractivity contribution in [3.63, 3.8) is 0 Å². The van der Waals surface area contributed by atoms with Gasteiger partial charge in [0.2, 0.25) is 5.78 Å². The number of hydrogen-bond donors (Lipinski definition) is 4. The van der Waals surface area contributed by atoms with Crippen LogP contribution < -0.4 is 5.73 Å². The van der Waals surface area contributed by atoms with Gasteiger partial charge in [0, 0.05) is 36.1 Å². The van der Waals surface area contributed by atoms with Crippen LogP contribution in [0.25, 0.3) is 21.3 Å². The molecule has 33 heavy (non-hydrogen) atoms. The molecule has 0 amide bonds. The molecule has 0 spiro atoms. The molecule has 2 atom stereocenters. The summed E-state index contributed by atoms with van der Waals surface area (Å²) in [6.07, 6.45) is 7.19. The minimum Gasteiger partial charge on any atom is -0.400 e. The normalized spacial score (nSPS) is 17.1. The second-order valence-corrected chi connectivity index (χ2v) is 9.09. The van der Waals surface area contributed by atoms with Gasteiger partial charge >= 0.3 is 0 Å². The average Bonchev–Trinajstić information content (AvgIpc) is 3.52. The zero-order valence-electron chi connectivity index (χ0n) is 17.9. The number of carbonyl (C=O) groups is 1. The first kappa shape index (κ1) is 21.2. The number of aryl methyl sites for hydroxylation is 2. The molecule has 4 heterocycles. The molecule has 0 aliphatic carbocycles. The lowest BCUT2D eigenvalue weighted by Gasteiger charge is -2.17. The van der Waals surface area contributed by atoms with Crippen LogP contribution in [0.2, 0.25) is 0 Å². The Bertz CT molecular complexity index is 1440. The van der Waals surface area contributed by atoms with Crippen LogP contribution >= 0.6 is 11.3 Å². The van der Waals surface area contributed by atoms with E-state index in [9.17, 15) is 9.90 Å². The largest absolute Gasteiger partial charge is 0.400 e. The van der Waals surface area contributed by atoms with E-state index in [4.69, 9.17) is 11.1 Å². The van der Waals surface area contributed by atoms with Crippen molar-refractivity contribution < 1.29 is 9.90 Å². The molecule has 2 unspecified atom stereocenters. The third-order valence-corrected chi connectivity index (χ3v) is 7.15. The zero-order chi connectivity index (χ0) is 23.1. The van der Waals surface area contributed by atoms with E-state index in [1.807, 2.05) is 25.4 Å². The number of allylic oxidation sites excluding steroid dienone is 1. The molecule has 1 aliphatic rings. The fourth-order valence-corrected chi connectivity index (χ4v) is 5.44. The monoisotopic (exact) mass is 461 g/mol. The van der Waals surface area contributed by atoms with Gasteiger partial charge in [-0.3, -0.25) is 14.9 Å². The van der Waals surface area contributed by atoms with Gasteiger partial charge in [0.05, 0.1) is 22.1 Å². The Morgan fingerprint density at radius 3 is 3.12 bits per heavy atom. The first-order valence-corrected chi connectivity index (χ1v) is 11.4. The number of nitrogens with two attached hydrogens (primary N) is 1. The number of benzene rings is 1. The summed E-state index contributed by atoms with van der Waals surface area (Å²) in [5.41, 5.74) is 10.1. The lowest BCUT2D eigenvalue weighted by atomic mass is 9.96. The van der Waals surface area contributed by atoms with Crippen molar-refractivity contribution >= 4 is 50.8 Å². The molecule has 10 heteroatoms. The Labute approximate surface area is 193 Å². The van der Waals surface area contributed by atoms with E-state index in [1.54, 1.807) is 10.8 Å². The van der Waals surface area contributed by atoms with Crippen molar-refractivity contribution in [2.24, 2.45) is 17.8 Å². The van der Waals surface area contributed by atoms with Crippen LogP contribution in [0.3, 0.4) is 0 Å². The highest BCUT2D eigenvalue weighted by molar-refractivity contribution is 7.19. The summed E-state index contributed by atoms with van der Waals surface area (Å²) < 4.78 is 2.58. The van der Waals surface area contributed by atoms with Crippen LogP contribution in [0.4, 0.5) is 0 Å². The molecule has 4 aromatic rings. The number of nitrogens with zero attached hydrogens (tertiary/aromatic N) is 4. The predicted molar refractivity (Wildman–Crippen MR) is 129 cm³/mol. The van der Waals surface area contributed by atoms with Crippen molar-refractivity contribution in [1.82, 2.24) is 19.7 Å². The number of rotatable bonds is 7. The average molecular weight is 462 g/mol. The highest BCUT2D eigenvalue weighted by atomic mass is 32.1. The maximum absolute atomic E-state index is 13.3. The SMILES string of the molecule is Cn1c2c(c3sc(C(O)C(N)=CC=N)nc31)C=NC(CCCc1cccc3[nH]ncc13)C2=O. The number of fused-ring (bicyclic) bond motifs is 4. The van der Waals surface area contributed by atoms with Crippen LogP contribution in [-0.4, -0.2) is 49.1 Å². The van der Waals surface area contributed by atoms with Crippen molar-refractivity contribution in [2.75, 3.05) is 0 Å². The van der Waals surface area contributed by atoms with Crippen LogP contribution in [0.1, 0.15) is 45.6 Å². The molecular weight excluding hydrogens is 438 g/mol. The van der Waals surface area contributed by atoms with Gasteiger partial charge in [-0.1, -0.05) is 12.1 Å². The van der Waals surface area contributed by atoms with Gasteiger partial charge in [0.25, 0.3) is 0 Å². The molecule has 5 N–H and O–H groups in total. The first-order chi connectivity index (χ1) is 16.0. The number of aromatic amines is 1. The van der Waals surface area contributed by atoms with Crippen molar-refractivity contribution in [2.45, 2.75) is 31.4 Å². The Morgan fingerprint density at radius 2 is 2.30 bits per heavy atom. The van der Waals surface area contributed by atoms with Gasteiger partial charge in [-0.2, -0.15) is 5.10 Å². The van der Waals surface area contributed by atoms with Gasteiger partial charge < -0.3 is 20.8 Å². The fourth-order valence-electron chi connectivity index (χ4n) is 4.32. The summed E-state index contributed by atoms with van der Waals surface area (Å²) in [6.45, 7) is 0. The van der Waals surface area contributed by atoms with Gasteiger partial charge in [0.15, 0.2) is 5.65 Å². The standard InChI is InChI=1S/C23H23N7O2S/c1-30-18-14(21-22(30)28-23(33-21)19(31)15(25)8-9-24)10-26-17(20(18)32)7-3-5-12-4-2-6-16-13(12)11-27-29-16/h2,4,6,8-11,17,19,24,31H,3,5,7,25H2,1H3,(H,27,29). The molecule has 0 fully saturated rings. The highest BCUT2D eigenvalue weighted by Crippen LogP contribution is 2.36. The molecule has 3 aromatic heterocycles. The number of ketones is 1. The molecule has 5 rings (SSSR count). The molecule has 1 aromatic carbocycles. The van der Waals surface area contributed by atoms with Crippen molar-refractivity contribution in [3.8, 4) is 0 Å². The van der Waals surface area contributed by atoms with Crippen LogP contribution in [0.15, 0.2) is 41.2 Å². The lowest BCUT2D eigenvalue weighted by molar-refractivity contribution is 0.0947. The predicted octanol–water partition coefficient (Wildman–Crippen LogP) is 3.04. The first-order valence-electron chi connectivity index (χ1n) is 10.6. The summed E-state index contributed by atoms with van der Waals surface area (Å²) in [6, 6.07) is 5.69. The van der Waals surface area contributed by atoms with E-state index < -0.39 is 12.1 Å². The van der Waals surface area contributed by atoms with Crippen molar-refractivity contribution in [1.29, 1.82) is 5.41 Å². The summed E-state index contributed by atoms with van der Waals surface area (Å²) >= 11 is 1.29. The number of thiazole rings is 1. The molecule has 0 saturated heterocycles.